The minimum absolute atomic E-state index is 0.0361. The van der Waals surface area contributed by atoms with Crippen molar-refractivity contribution in [2.45, 2.75) is 13.8 Å². The topological polar surface area (TPSA) is 58.2 Å². The van der Waals surface area contributed by atoms with Crippen molar-refractivity contribution in [1.82, 2.24) is 0 Å². The van der Waals surface area contributed by atoms with E-state index in [4.69, 9.17) is 11.6 Å². The smallest absolute Gasteiger partial charge is 0.243 e. The number of aryl methyl sites for hydroxylation is 1. The Bertz CT molecular complexity index is 714. The van der Waals surface area contributed by atoms with Crippen LogP contribution in [0.15, 0.2) is 42.5 Å². The molecule has 0 aliphatic rings. The molecule has 5 heteroatoms. The molecule has 0 radical (unpaired) electrons. The van der Waals surface area contributed by atoms with E-state index in [9.17, 15) is 9.59 Å². The van der Waals surface area contributed by atoms with E-state index in [0.29, 0.717) is 16.3 Å². The summed E-state index contributed by atoms with van der Waals surface area (Å²) in [6, 6.07) is 12.3. The number of rotatable bonds is 5. The second kappa shape index (κ2) is 7.09. The van der Waals surface area contributed by atoms with Crippen molar-refractivity contribution >= 4 is 34.7 Å². The number of benzene rings is 2. The van der Waals surface area contributed by atoms with E-state index in [1.807, 2.05) is 19.1 Å². The van der Waals surface area contributed by atoms with Crippen LogP contribution in [-0.2, 0) is 4.79 Å². The number of anilines is 2. The van der Waals surface area contributed by atoms with Gasteiger partial charge in [0, 0.05) is 22.0 Å². The van der Waals surface area contributed by atoms with Gasteiger partial charge in [0.1, 0.15) is 0 Å². The highest BCUT2D eigenvalue weighted by molar-refractivity contribution is 6.30. The van der Waals surface area contributed by atoms with Crippen LogP contribution in [0.5, 0.6) is 0 Å². The molecule has 0 aliphatic heterocycles. The van der Waals surface area contributed by atoms with Gasteiger partial charge in [-0.1, -0.05) is 23.7 Å². The minimum atomic E-state index is -0.185. The van der Waals surface area contributed by atoms with Crippen LogP contribution in [0.25, 0.3) is 0 Å². The van der Waals surface area contributed by atoms with Crippen LogP contribution in [0, 0.1) is 6.92 Å². The van der Waals surface area contributed by atoms with Gasteiger partial charge in [0.05, 0.1) is 6.54 Å². The highest BCUT2D eigenvalue weighted by Gasteiger charge is 2.06. The number of hydrogen-bond donors (Lipinski definition) is 2. The summed E-state index contributed by atoms with van der Waals surface area (Å²) in [7, 11) is 0. The summed E-state index contributed by atoms with van der Waals surface area (Å²) in [6.45, 7) is 3.54. The number of Topliss-reactive ketones (excluding diaryl/α,β-unsaturated/α-hetero) is 1. The van der Waals surface area contributed by atoms with Crippen molar-refractivity contribution in [1.29, 1.82) is 0 Å². The van der Waals surface area contributed by atoms with Crippen molar-refractivity contribution in [2.24, 2.45) is 0 Å². The largest absolute Gasteiger partial charge is 0.376 e. The molecule has 2 rings (SSSR count). The molecule has 0 spiro atoms. The molecule has 0 heterocycles. The molecule has 0 saturated heterocycles. The maximum atomic E-state index is 12.0. The van der Waals surface area contributed by atoms with Crippen molar-refractivity contribution in [3.05, 3.63) is 58.6 Å². The minimum Gasteiger partial charge on any atom is -0.376 e. The molecule has 0 unspecified atom stereocenters. The van der Waals surface area contributed by atoms with Gasteiger partial charge in [0.15, 0.2) is 5.78 Å². The fourth-order valence-corrected chi connectivity index (χ4v) is 2.25. The van der Waals surface area contributed by atoms with Crippen LogP contribution in [-0.4, -0.2) is 18.2 Å². The number of amides is 1. The predicted molar refractivity (Wildman–Crippen MR) is 89.8 cm³/mol. The Morgan fingerprint density at radius 2 is 1.91 bits per heavy atom. The zero-order chi connectivity index (χ0) is 16.1. The third kappa shape index (κ3) is 4.33. The molecule has 2 aromatic carbocycles. The fourth-order valence-electron chi connectivity index (χ4n) is 2.02. The molecule has 0 aromatic heterocycles. The first kappa shape index (κ1) is 16.0. The molecule has 2 N–H and O–H groups in total. The lowest BCUT2D eigenvalue weighted by atomic mass is 10.1. The summed E-state index contributed by atoms with van der Waals surface area (Å²) in [6.07, 6.45) is 0. The first-order chi connectivity index (χ1) is 10.5. The van der Waals surface area contributed by atoms with E-state index in [0.717, 1.165) is 11.3 Å². The lowest BCUT2D eigenvalue weighted by Crippen LogP contribution is -2.22. The van der Waals surface area contributed by atoms with E-state index >= 15 is 0 Å². The maximum Gasteiger partial charge on any atom is 0.243 e. The first-order valence-corrected chi connectivity index (χ1v) is 7.24. The Balaban J connectivity index is 1.95. The zero-order valence-corrected chi connectivity index (χ0v) is 13.2. The molecule has 2 aromatic rings. The average molecular weight is 317 g/mol. The monoisotopic (exact) mass is 316 g/mol. The normalized spacial score (nSPS) is 10.1. The first-order valence-electron chi connectivity index (χ1n) is 6.86. The molecular weight excluding hydrogens is 300 g/mol. The summed E-state index contributed by atoms with van der Waals surface area (Å²) < 4.78 is 0. The number of ketones is 1. The third-order valence-electron chi connectivity index (χ3n) is 3.18. The van der Waals surface area contributed by atoms with Gasteiger partial charge in [0.25, 0.3) is 0 Å². The Morgan fingerprint density at radius 1 is 1.14 bits per heavy atom. The van der Waals surface area contributed by atoms with Gasteiger partial charge in [0.2, 0.25) is 5.91 Å². The predicted octanol–water partition coefficient (Wildman–Crippen LogP) is 3.90. The van der Waals surface area contributed by atoms with Crippen LogP contribution < -0.4 is 10.6 Å². The lowest BCUT2D eigenvalue weighted by molar-refractivity contribution is -0.114. The van der Waals surface area contributed by atoms with Crippen LogP contribution in [0.2, 0.25) is 5.02 Å². The van der Waals surface area contributed by atoms with Gasteiger partial charge in [-0.3, -0.25) is 9.59 Å². The summed E-state index contributed by atoms with van der Waals surface area (Å²) in [5.41, 5.74) is 3.00. The van der Waals surface area contributed by atoms with E-state index in [1.54, 1.807) is 30.3 Å². The molecule has 0 bridgehead atoms. The van der Waals surface area contributed by atoms with Gasteiger partial charge in [-0.15, -0.1) is 0 Å². The summed E-state index contributed by atoms with van der Waals surface area (Å²) >= 11 is 5.89. The number of halogens is 1. The third-order valence-corrected chi connectivity index (χ3v) is 3.42. The number of nitrogens with one attached hydrogen (secondary N) is 2. The maximum absolute atomic E-state index is 12.0. The standard InChI is InChI=1S/C17H17ClN2O2/c1-11-8-14(18)6-7-16(11)19-10-17(22)20-15-5-3-4-13(9-15)12(2)21/h3-9,19H,10H2,1-2H3,(H,20,22). The Hall–Kier alpha value is -2.33. The lowest BCUT2D eigenvalue weighted by Gasteiger charge is -2.10. The van der Waals surface area contributed by atoms with E-state index in [2.05, 4.69) is 10.6 Å². The van der Waals surface area contributed by atoms with Gasteiger partial charge in [-0.2, -0.15) is 0 Å². The van der Waals surface area contributed by atoms with E-state index in [-0.39, 0.29) is 18.2 Å². The molecular formula is C17H17ClN2O2. The zero-order valence-electron chi connectivity index (χ0n) is 12.4. The van der Waals surface area contributed by atoms with Crippen LogP contribution in [0.1, 0.15) is 22.8 Å². The second-order valence-corrected chi connectivity index (χ2v) is 5.43. The van der Waals surface area contributed by atoms with Gasteiger partial charge < -0.3 is 10.6 Å². The highest BCUT2D eigenvalue weighted by atomic mass is 35.5. The van der Waals surface area contributed by atoms with Crippen molar-refractivity contribution < 1.29 is 9.59 Å². The fraction of sp³-hybridized carbons (Fsp3) is 0.176. The molecule has 0 aliphatic carbocycles. The number of carbonyl (C=O) groups excluding carboxylic acids is 2. The van der Waals surface area contributed by atoms with Gasteiger partial charge in [-0.25, -0.2) is 0 Å². The molecule has 0 atom stereocenters. The van der Waals surface area contributed by atoms with E-state index < -0.39 is 0 Å². The van der Waals surface area contributed by atoms with E-state index in [1.165, 1.54) is 6.92 Å². The molecule has 114 valence electrons. The van der Waals surface area contributed by atoms with Crippen molar-refractivity contribution in [2.75, 3.05) is 17.2 Å². The summed E-state index contributed by atoms with van der Waals surface area (Å²) in [5, 5.41) is 6.48. The SMILES string of the molecule is CC(=O)c1cccc(NC(=O)CNc2ccc(Cl)cc2C)c1. The van der Waals surface area contributed by atoms with Gasteiger partial charge >= 0.3 is 0 Å². The summed E-state index contributed by atoms with van der Waals surface area (Å²) in [4.78, 5) is 23.3. The quantitative estimate of drug-likeness (QED) is 0.822. The average Bonchev–Trinajstić information content (AvgIpc) is 2.46. The number of hydrogen-bond acceptors (Lipinski definition) is 3. The second-order valence-electron chi connectivity index (χ2n) is 5.00. The van der Waals surface area contributed by atoms with Gasteiger partial charge in [-0.05, 0) is 49.7 Å². The molecule has 1 amide bonds. The molecule has 0 saturated carbocycles. The van der Waals surface area contributed by atoms with Crippen LogP contribution >= 0.6 is 11.6 Å². The molecule has 22 heavy (non-hydrogen) atoms. The summed E-state index contributed by atoms with van der Waals surface area (Å²) in [5.74, 6) is -0.221. The molecule has 0 fully saturated rings. The van der Waals surface area contributed by atoms with Crippen LogP contribution in [0.4, 0.5) is 11.4 Å². The highest BCUT2D eigenvalue weighted by Crippen LogP contribution is 2.19. The van der Waals surface area contributed by atoms with Crippen molar-refractivity contribution in [3.8, 4) is 0 Å². The van der Waals surface area contributed by atoms with Crippen LogP contribution in [0.3, 0.4) is 0 Å². The Labute approximate surface area is 134 Å². The Kier molecular flexibility index (Phi) is 5.17. The Morgan fingerprint density at radius 3 is 2.59 bits per heavy atom. The van der Waals surface area contributed by atoms with Crippen molar-refractivity contribution in [3.63, 3.8) is 0 Å². The molecule has 4 nitrogen and oxygen atoms in total. The number of carbonyl (C=O) groups is 2.